The Morgan fingerprint density at radius 2 is 1.50 bits per heavy atom. The lowest BCUT2D eigenvalue weighted by Crippen LogP contribution is -2.45. The SMILES string of the molecule is COCCN1CC(COC)C2(CCN(Cc3cccc(OC)c3)CC2)C1.O=C(O)C(F)(F)F.O=C(O)C(F)(F)F. The molecule has 1 aromatic rings. The van der Waals surface area contributed by atoms with Crippen molar-refractivity contribution in [2.45, 2.75) is 31.7 Å². The van der Waals surface area contributed by atoms with Crippen LogP contribution in [0.1, 0.15) is 18.4 Å². The largest absolute Gasteiger partial charge is 0.497 e. The molecule has 0 saturated carbocycles. The van der Waals surface area contributed by atoms with Crippen LogP contribution in [0, 0.1) is 11.3 Å². The van der Waals surface area contributed by atoms with E-state index in [0.29, 0.717) is 11.3 Å². The van der Waals surface area contributed by atoms with Crippen molar-refractivity contribution in [3.8, 4) is 5.75 Å². The van der Waals surface area contributed by atoms with E-state index < -0.39 is 24.3 Å². The maximum absolute atomic E-state index is 10.6. The van der Waals surface area contributed by atoms with E-state index in [1.807, 2.05) is 13.2 Å². The molecule has 1 unspecified atom stereocenters. The van der Waals surface area contributed by atoms with Gasteiger partial charge in [0.25, 0.3) is 0 Å². The van der Waals surface area contributed by atoms with Crippen LogP contribution in [0.25, 0.3) is 0 Å². The van der Waals surface area contributed by atoms with Crippen LogP contribution in [0.15, 0.2) is 24.3 Å². The zero-order chi connectivity index (χ0) is 30.6. The number of ether oxygens (including phenoxy) is 3. The summed E-state index contributed by atoms with van der Waals surface area (Å²) in [6.45, 7) is 8.40. The molecule has 230 valence electrons. The predicted molar refractivity (Wildman–Crippen MR) is 131 cm³/mol. The van der Waals surface area contributed by atoms with Crippen molar-refractivity contribution in [1.82, 2.24) is 9.80 Å². The van der Waals surface area contributed by atoms with E-state index >= 15 is 0 Å². The van der Waals surface area contributed by atoms with Crippen LogP contribution in [0.5, 0.6) is 5.75 Å². The number of carboxylic acid groups (broad SMARTS) is 2. The molecule has 1 atom stereocenters. The molecule has 3 rings (SSSR count). The number of hydrogen-bond donors (Lipinski definition) is 2. The van der Waals surface area contributed by atoms with Crippen molar-refractivity contribution < 1.29 is 60.4 Å². The highest BCUT2D eigenvalue weighted by molar-refractivity contribution is 5.73. The number of rotatable bonds is 8. The number of methoxy groups -OCH3 is 3. The molecule has 15 heteroatoms. The Kier molecular flexibility index (Phi) is 14.1. The molecule has 1 spiro atoms. The third kappa shape index (κ3) is 11.9. The number of nitrogens with zero attached hydrogens (tertiary/aromatic N) is 2. The molecule has 0 aliphatic carbocycles. The first-order valence-corrected chi connectivity index (χ1v) is 12.2. The minimum Gasteiger partial charge on any atom is -0.497 e. The van der Waals surface area contributed by atoms with Gasteiger partial charge in [0.05, 0.1) is 20.3 Å². The second-order valence-corrected chi connectivity index (χ2v) is 9.48. The van der Waals surface area contributed by atoms with Crippen molar-refractivity contribution in [1.29, 1.82) is 0 Å². The van der Waals surface area contributed by atoms with Gasteiger partial charge in [-0.1, -0.05) is 12.1 Å². The lowest BCUT2D eigenvalue weighted by Gasteiger charge is -2.42. The molecular formula is C25H36F6N2O7. The van der Waals surface area contributed by atoms with Crippen molar-refractivity contribution >= 4 is 11.9 Å². The lowest BCUT2D eigenvalue weighted by atomic mass is 9.71. The summed E-state index contributed by atoms with van der Waals surface area (Å²) >= 11 is 0. The normalized spacial score (nSPS) is 19.3. The number of carbonyl (C=O) groups is 2. The van der Waals surface area contributed by atoms with Crippen molar-refractivity contribution in [3.05, 3.63) is 29.8 Å². The summed E-state index contributed by atoms with van der Waals surface area (Å²) in [6.07, 6.45) is -7.65. The maximum Gasteiger partial charge on any atom is 0.490 e. The molecule has 2 N–H and O–H groups in total. The zero-order valence-corrected chi connectivity index (χ0v) is 22.6. The Morgan fingerprint density at radius 3 is 1.95 bits per heavy atom. The van der Waals surface area contributed by atoms with Crippen LogP contribution in [0.3, 0.4) is 0 Å². The topological polar surface area (TPSA) is 109 Å². The third-order valence-electron chi connectivity index (χ3n) is 6.74. The van der Waals surface area contributed by atoms with Crippen LogP contribution >= 0.6 is 0 Å². The Balaban J connectivity index is 0.000000473. The molecule has 2 aliphatic heterocycles. The van der Waals surface area contributed by atoms with E-state index in [1.54, 1.807) is 14.2 Å². The number of carboxylic acids is 2. The summed E-state index contributed by atoms with van der Waals surface area (Å²) in [6, 6.07) is 8.44. The predicted octanol–water partition coefficient (Wildman–Crippen LogP) is 3.77. The fourth-order valence-corrected chi connectivity index (χ4v) is 4.72. The molecule has 1 aromatic carbocycles. The fraction of sp³-hybridized carbons (Fsp3) is 0.680. The Labute approximate surface area is 228 Å². The highest BCUT2D eigenvalue weighted by atomic mass is 19.4. The Bertz CT molecular complexity index is 898. The van der Waals surface area contributed by atoms with E-state index in [9.17, 15) is 26.3 Å². The van der Waals surface area contributed by atoms with Crippen molar-refractivity contribution in [2.24, 2.45) is 11.3 Å². The fourth-order valence-electron chi connectivity index (χ4n) is 4.72. The number of likely N-dealkylation sites (tertiary alicyclic amines) is 2. The van der Waals surface area contributed by atoms with Gasteiger partial charge in [0.15, 0.2) is 0 Å². The molecule has 2 aliphatic rings. The van der Waals surface area contributed by atoms with Crippen LogP contribution in [-0.4, -0.2) is 112 Å². The molecular weight excluding hydrogens is 554 g/mol. The minimum absolute atomic E-state index is 0.411. The molecule has 0 amide bonds. The summed E-state index contributed by atoms with van der Waals surface area (Å²) in [7, 11) is 5.36. The van der Waals surface area contributed by atoms with Crippen LogP contribution in [0.4, 0.5) is 26.3 Å². The summed E-state index contributed by atoms with van der Waals surface area (Å²) in [4.78, 5) is 23.0. The summed E-state index contributed by atoms with van der Waals surface area (Å²) in [5.41, 5.74) is 1.75. The van der Waals surface area contributed by atoms with Crippen molar-refractivity contribution in [3.63, 3.8) is 0 Å². The summed E-state index contributed by atoms with van der Waals surface area (Å²) in [5, 5.41) is 14.2. The molecule has 9 nitrogen and oxygen atoms in total. The van der Waals surface area contributed by atoms with Gasteiger partial charge in [0.2, 0.25) is 0 Å². The monoisotopic (exact) mass is 590 g/mol. The van der Waals surface area contributed by atoms with Gasteiger partial charge < -0.3 is 29.3 Å². The molecule has 2 fully saturated rings. The van der Waals surface area contributed by atoms with E-state index in [0.717, 1.165) is 51.7 Å². The van der Waals surface area contributed by atoms with Gasteiger partial charge in [0.1, 0.15) is 5.75 Å². The van der Waals surface area contributed by atoms with E-state index in [4.69, 9.17) is 34.0 Å². The quantitative estimate of drug-likeness (QED) is 0.438. The van der Waals surface area contributed by atoms with E-state index in [1.165, 1.54) is 24.9 Å². The third-order valence-corrected chi connectivity index (χ3v) is 6.74. The first kappa shape index (κ1) is 35.4. The second-order valence-electron chi connectivity index (χ2n) is 9.48. The second kappa shape index (κ2) is 16.0. The lowest BCUT2D eigenvalue weighted by molar-refractivity contribution is -0.193. The Morgan fingerprint density at radius 1 is 0.950 bits per heavy atom. The molecule has 40 heavy (non-hydrogen) atoms. The Hall–Kier alpha value is -2.62. The smallest absolute Gasteiger partial charge is 0.490 e. The van der Waals surface area contributed by atoms with Crippen LogP contribution in [-0.2, 0) is 25.6 Å². The summed E-state index contributed by atoms with van der Waals surface area (Å²) in [5.74, 6) is -3.93. The standard InChI is InChI=1S/C21H34N2O3.2C2HF3O2/c1-24-12-11-23-15-19(16-25-2)21(17-23)7-9-22(10-8-21)14-18-5-4-6-20(13-18)26-3;2*3-2(4,5)1(6)7/h4-6,13,19H,7-12,14-17H2,1-3H3;2*(H,6,7). The maximum atomic E-state index is 10.6. The first-order valence-electron chi connectivity index (χ1n) is 12.2. The van der Waals surface area contributed by atoms with Crippen LogP contribution < -0.4 is 4.74 Å². The highest BCUT2D eigenvalue weighted by Gasteiger charge is 2.47. The molecule has 2 heterocycles. The van der Waals surface area contributed by atoms with Gasteiger partial charge in [0, 0.05) is 46.3 Å². The molecule has 2 saturated heterocycles. The number of halogens is 6. The highest BCUT2D eigenvalue weighted by Crippen LogP contribution is 2.45. The molecule has 0 bridgehead atoms. The average Bonchev–Trinajstić information content (AvgIpc) is 3.20. The minimum atomic E-state index is -5.08. The van der Waals surface area contributed by atoms with Gasteiger partial charge >= 0.3 is 24.3 Å². The summed E-state index contributed by atoms with van der Waals surface area (Å²) < 4.78 is 79.7. The number of aliphatic carboxylic acids is 2. The van der Waals surface area contributed by atoms with Gasteiger partial charge in [-0.3, -0.25) is 4.90 Å². The number of piperidine rings is 1. The first-order chi connectivity index (χ1) is 18.6. The van der Waals surface area contributed by atoms with Crippen LogP contribution in [0.2, 0.25) is 0 Å². The number of hydrogen-bond acceptors (Lipinski definition) is 7. The average molecular weight is 591 g/mol. The number of alkyl halides is 6. The molecule has 0 aromatic heterocycles. The van der Waals surface area contributed by atoms with Gasteiger partial charge in [-0.15, -0.1) is 0 Å². The van der Waals surface area contributed by atoms with Gasteiger partial charge in [-0.2, -0.15) is 26.3 Å². The number of benzene rings is 1. The molecule has 0 radical (unpaired) electrons. The van der Waals surface area contributed by atoms with Crippen molar-refractivity contribution in [2.75, 3.05) is 67.3 Å². The zero-order valence-electron chi connectivity index (χ0n) is 22.6. The van der Waals surface area contributed by atoms with E-state index in [2.05, 4.69) is 28.0 Å². The van der Waals surface area contributed by atoms with Gasteiger partial charge in [-0.25, -0.2) is 9.59 Å². The van der Waals surface area contributed by atoms with E-state index in [-0.39, 0.29) is 0 Å². The van der Waals surface area contributed by atoms with Gasteiger partial charge in [-0.05, 0) is 49.0 Å².